The van der Waals surface area contributed by atoms with Gasteiger partial charge in [0, 0.05) is 31.0 Å². The monoisotopic (exact) mass is 368 g/mol. The third-order valence-corrected chi connectivity index (χ3v) is 4.02. The van der Waals surface area contributed by atoms with Crippen molar-refractivity contribution in [3.05, 3.63) is 45.9 Å². The summed E-state index contributed by atoms with van der Waals surface area (Å²) in [7, 11) is 0. The number of carbonyl (C=O) groups is 2. The molecule has 0 aliphatic rings. The molecule has 0 aliphatic heterocycles. The molecule has 1 heterocycles. The molecule has 0 bridgehead atoms. The third kappa shape index (κ3) is 6.27. The van der Waals surface area contributed by atoms with E-state index in [0.717, 1.165) is 16.3 Å². The second-order valence-electron chi connectivity index (χ2n) is 5.05. The number of nitrogens with zero attached hydrogens (tertiary/aromatic N) is 1. The Morgan fingerprint density at radius 3 is 2.54 bits per heavy atom. The van der Waals surface area contributed by atoms with E-state index in [9.17, 15) is 9.59 Å². The van der Waals surface area contributed by atoms with Crippen LogP contribution in [0.25, 0.3) is 0 Å². The van der Waals surface area contributed by atoms with Crippen LogP contribution in [0, 0.1) is 0 Å². The number of halogens is 1. The van der Waals surface area contributed by atoms with Crippen molar-refractivity contribution in [1.82, 2.24) is 10.3 Å². The smallest absolute Gasteiger partial charge is 0.270 e. The molecular formula is C16H21ClN4O2S. The maximum Gasteiger partial charge on any atom is 0.270 e. The Bertz CT molecular complexity index is 673. The molecule has 130 valence electrons. The minimum Gasteiger partial charge on any atom is -0.350 e. The van der Waals surface area contributed by atoms with Gasteiger partial charge in [0.25, 0.3) is 5.91 Å². The number of nitrogens with one attached hydrogen (secondary N) is 2. The van der Waals surface area contributed by atoms with E-state index >= 15 is 0 Å². The van der Waals surface area contributed by atoms with Crippen molar-refractivity contribution in [2.24, 2.45) is 5.73 Å². The van der Waals surface area contributed by atoms with Crippen molar-refractivity contribution < 1.29 is 9.59 Å². The van der Waals surface area contributed by atoms with E-state index in [0.29, 0.717) is 31.6 Å². The molecule has 0 aliphatic carbocycles. The van der Waals surface area contributed by atoms with E-state index < -0.39 is 0 Å². The Balaban J connectivity index is 0.00000288. The average molecular weight is 369 g/mol. The number of aromatic nitrogens is 1. The Labute approximate surface area is 151 Å². The molecule has 4 N–H and O–H groups in total. The van der Waals surface area contributed by atoms with Crippen LogP contribution in [0.3, 0.4) is 0 Å². The van der Waals surface area contributed by atoms with Gasteiger partial charge in [-0.25, -0.2) is 4.98 Å². The van der Waals surface area contributed by atoms with E-state index in [-0.39, 0.29) is 24.2 Å². The molecule has 2 rings (SSSR count). The Morgan fingerprint density at radius 1 is 1.21 bits per heavy atom. The van der Waals surface area contributed by atoms with Crippen LogP contribution in [0.2, 0.25) is 0 Å². The highest BCUT2D eigenvalue weighted by atomic mass is 35.5. The van der Waals surface area contributed by atoms with E-state index in [2.05, 4.69) is 15.6 Å². The van der Waals surface area contributed by atoms with E-state index in [1.807, 2.05) is 24.3 Å². The predicted octanol–water partition coefficient (Wildman–Crippen LogP) is 2.00. The summed E-state index contributed by atoms with van der Waals surface area (Å²) < 4.78 is 0. The van der Waals surface area contributed by atoms with Gasteiger partial charge in [0.2, 0.25) is 5.91 Å². The molecule has 24 heavy (non-hydrogen) atoms. The number of hydrogen-bond donors (Lipinski definition) is 3. The number of nitrogens with two attached hydrogens (primary N) is 1. The van der Waals surface area contributed by atoms with Crippen molar-refractivity contribution >= 4 is 41.2 Å². The van der Waals surface area contributed by atoms with Gasteiger partial charge in [0.15, 0.2) is 0 Å². The van der Waals surface area contributed by atoms with Crippen LogP contribution >= 0.6 is 23.7 Å². The molecule has 6 nitrogen and oxygen atoms in total. The fourth-order valence-corrected chi connectivity index (χ4v) is 2.82. The minimum absolute atomic E-state index is 0. The first kappa shape index (κ1) is 20.1. The number of thiazole rings is 1. The van der Waals surface area contributed by atoms with Crippen molar-refractivity contribution in [1.29, 1.82) is 0 Å². The molecule has 0 saturated carbocycles. The van der Waals surface area contributed by atoms with Crippen LogP contribution in [-0.4, -0.2) is 29.9 Å². The second-order valence-corrected chi connectivity index (χ2v) is 5.99. The van der Waals surface area contributed by atoms with Gasteiger partial charge < -0.3 is 16.4 Å². The maximum atomic E-state index is 12.0. The quantitative estimate of drug-likeness (QED) is 0.696. The van der Waals surface area contributed by atoms with Gasteiger partial charge in [-0.1, -0.05) is 12.1 Å². The van der Waals surface area contributed by atoms with E-state index in [1.165, 1.54) is 18.3 Å². The van der Waals surface area contributed by atoms with Crippen LogP contribution in [0.5, 0.6) is 0 Å². The summed E-state index contributed by atoms with van der Waals surface area (Å²) in [4.78, 5) is 27.2. The molecule has 0 unspecified atom stereocenters. The highest BCUT2D eigenvalue weighted by Crippen LogP contribution is 2.11. The highest BCUT2D eigenvalue weighted by Gasteiger charge is 2.09. The lowest BCUT2D eigenvalue weighted by molar-refractivity contribution is -0.114. The first-order valence-corrected chi connectivity index (χ1v) is 8.25. The summed E-state index contributed by atoms with van der Waals surface area (Å²) in [5, 5.41) is 8.20. The summed E-state index contributed by atoms with van der Waals surface area (Å²) >= 11 is 1.45. The summed E-state index contributed by atoms with van der Waals surface area (Å²) in [5.74, 6) is -0.262. The molecule has 8 heteroatoms. The zero-order chi connectivity index (χ0) is 16.7. The summed E-state index contributed by atoms with van der Waals surface area (Å²) in [5.41, 5.74) is 7.76. The zero-order valence-electron chi connectivity index (χ0n) is 13.4. The van der Waals surface area contributed by atoms with Crippen LogP contribution in [-0.2, 0) is 17.6 Å². The standard InChI is InChI=1S/C16H20N4O2S.ClH/c1-11(21)19-13-4-2-12(3-5-13)7-9-18-16(22)14-10-23-15(20-14)6-8-17;/h2-5,10H,6-9,17H2,1H3,(H,18,22)(H,19,21);1H. The lowest BCUT2D eigenvalue weighted by atomic mass is 10.1. The molecule has 1 aromatic carbocycles. The Morgan fingerprint density at radius 2 is 1.92 bits per heavy atom. The number of rotatable bonds is 7. The minimum atomic E-state index is -0.167. The van der Waals surface area contributed by atoms with Gasteiger partial charge in [-0.2, -0.15) is 0 Å². The third-order valence-electron chi connectivity index (χ3n) is 3.12. The summed E-state index contributed by atoms with van der Waals surface area (Å²) in [6.45, 7) is 2.53. The maximum absolute atomic E-state index is 12.0. The Kier molecular flexibility index (Phi) is 8.39. The fraction of sp³-hybridized carbons (Fsp3) is 0.312. The first-order chi connectivity index (χ1) is 11.1. The zero-order valence-corrected chi connectivity index (χ0v) is 15.0. The molecule has 0 radical (unpaired) electrons. The fourth-order valence-electron chi connectivity index (χ4n) is 2.02. The lowest BCUT2D eigenvalue weighted by Crippen LogP contribution is -2.26. The second kappa shape index (κ2) is 10.0. The number of amides is 2. The molecule has 0 saturated heterocycles. The lowest BCUT2D eigenvalue weighted by Gasteiger charge is -2.06. The van der Waals surface area contributed by atoms with Crippen LogP contribution in [0.15, 0.2) is 29.6 Å². The SMILES string of the molecule is CC(=O)Nc1ccc(CCNC(=O)c2csc(CCN)n2)cc1.Cl. The molecule has 1 aromatic heterocycles. The van der Waals surface area contributed by atoms with Gasteiger partial charge in [0.1, 0.15) is 5.69 Å². The largest absolute Gasteiger partial charge is 0.350 e. The number of benzene rings is 1. The van der Waals surface area contributed by atoms with Gasteiger partial charge >= 0.3 is 0 Å². The van der Waals surface area contributed by atoms with E-state index in [4.69, 9.17) is 5.73 Å². The predicted molar refractivity (Wildman–Crippen MR) is 98.9 cm³/mol. The Hall–Kier alpha value is -1.96. The topological polar surface area (TPSA) is 97.1 Å². The van der Waals surface area contributed by atoms with E-state index in [1.54, 1.807) is 5.38 Å². The number of carbonyl (C=O) groups excluding carboxylic acids is 2. The summed E-state index contributed by atoms with van der Waals surface area (Å²) in [6, 6.07) is 7.55. The van der Waals surface area contributed by atoms with Crippen LogP contribution in [0.1, 0.15) is 28.0 Å². The van der Waals surface area contributed by atoms with Gasteiger partial charge in [0.05, 0.1) is 5.01 Å². The van der Waals surface area contributed by atoms with Crippen molar-refractivity contribution in [2.75, 3.05) is 18.4 Å². The number of hydrogen-bond acceptors (Lipinski definition) is 5. The van der Waals surface area contributed by atoms with Crippen molar-refractivity contribution in [2.45, 2.75) is 19.8 Å². The number of anilines is 1. The van der Waals surface area contributed by atoms with Crippen molar-refractivity contribution in [3.63, 3.8) is 0 Å². The van der Waals surface area contributed by atoms with Crippen molar-refractivity contribution in [3.8, 4) is 0 Å². The highest BCUT2D eigenvalue weighted by molar-refractivity contribution is 7.09. The van der Waals surface area contributed by atoms with Crippen LogP contribution in [0.4, 0.5) is 5.69 Å². The molecule has 2 aromatic rings. The van der Waals surface area contributed by atoms with Gasteiger partial charge in [-0.05, 0) is 30.7 Å². The average Bonchev–Trinajstić information content (AvgIpc) is 2.97. The van der Waals surface area contributed by atoms with Gasteiger partial charge in [-0.3, -0.25) is 9.59 Å². The molecule has 0 fully saturated rings. The van der Waals surface area contributed by atoms with Gasteiger partial charge in [-0.15, -0.1) is 23.7 Å². The summed E-state index contributed by atoms with van der Waals surface area (Å²) in [6.07, 6.45) is 1.41. The molecular weight excluding hydrogens is 348 g/mol. The molecule has 0 atom stereocenters. The molecule has 2 amide bonds. The van der Waals surface area contributed by atoms with Crippen LogP contribution < -0.4 is 16.4 Å². The first-order valence-electron chi connectivity index (χ1n) is 7.37. The normalized spacial score (nSPS) is 9.92. The molecule has 0 spiro atoms.